The lowest BCUT2D eigenvalue weighted by atomic mass is 9.87. The fraction of sp³-hybridized carbons (Fsp3) is 0.852. The molecule has 2 saturated heterocycles. The number of rotatable bonds is 18. The van der Waals surface area contributed by atoms with E-state index in [1.165, 1.54) is 4.90 Å². The highest BCUT2D eigenvalue weighted by Crippen LogP contribution is 2.28. The Hall–Kier alpha value is -0.660. The topological polar surface area (TPSA) is 102 Å². The number of likely N-dealkylation sites (N-methyl/N-ethyl adjacent to an activating group) is 1. The maximum atomic E-state index is 12.5. The van der Waals surface area contributed by atoms with Gasteiger partial charge in [-0.15, -0.1) is 0 Å². The van der Waals surface area contributed by atoms with E-state index in [0.29, 0.717) is 47.6 Å². The highest BCUT2D eigenvalue weighted by molar-refractivity contribution is 7.92. The van der Waals surface area contributed by atoms with Gasteiger partial charge in [0, 0.05) is 26.1 Å². The lowest BCUT2D eigenvalue weighted by molar-refractivity contribution is -0.126. The summed E-state index contributed by atoms with van der Waals surface area (Å²) in [5.41, 5.74) is -0.226. The number of urea groups is 1. The summed E-state index contributed by atoms with van der Waals surface area (Å²) >= 11 is 9.19. The number of amides is 3. The smallest absolute Gasteiger partial charge is 0.327 e. The molecule has 0 aromatic rings. The molecule has 3 amide bonds. The first-order valence-electron chi connectivity index (χ1n) is 14.1. The molecule has 0 saturated carbocycles. The van der Waals surface area contributed by atoms with Gasteiger partial charge in [0.1, 0.15) is 34.5 Å². The van der Waals surface area contributed by atoms with Crippen LogP contribution in [0.1, 0.15) is 80.1 Å². The molecule has 8 nitrogen and oxygen atoms in total. The van der Waals surface area contributed by atoms with Crippen LogP contribution < -0.4 is 5.32 Å². The van der Waals surface area contributed by atoms with E-state index in [2.05, 4.69) is 26.1 Å². The number of nitrogens with one attached hydrogen (secondary N) is 1. The van der Waals surface area contributed by atoms with Crippen molar-refractivity contribution in [1.29, 1.82) is 0 Å². The third-order valence-electron chi connectivity index (χ3n) is 7.39. The molecule has 39 heavy (non-hydrogen) atoms. The van der Waals surface area contributed by atoms with E-state index >= 15 is 0 Å². The van der Waals surface area contributed by atoms with Gasteiger partial charge in [-0.2, -0.15) is 0 Å². The molecule has 0 spiro atoms. The van der Waals surface area contributed by atoms with E-state index in [9.17, 15) is 18.7 Å². The fourth-order valence-corrected chi connectivity index (χ4v) is 8.22. The molecule has 2 aliphatic heterocycles. The highest BCUT2D eigenvalue weighted by atomic mass is 32.2. The minimum atomic E-state index is -0.956. The van der Waals surface area contributed by atoms with Crippen LogP contribution in [0.3, 0.4) is 0 Å². The third-order valence-corrected chi connectivity index (χ3v) is 11.2. The number of carbonyl (C=O) groups excluding carboxylic acids is 2. The monoisotopic (exact) mass is 620 g/mol. The van der Waals surface area contributed by atoms with Crippen LogP contribution in [0.15, 0.2) is 0 Å². The number of thiocarbonyl (C=S) groups is 2. The van der Waals surface area contributed by atoms with E-state index in [0.717, 1.165) is 43.6 Å². The van der Waals surface area contributed by atoms with E-state index < -0.39 is 22.4 Å². The summed E-state index contributed by atoms with van der Waals surface area (Å²) in [5, 5.41) is 4.00. The molecule has 0 bridgehead atoms. The van der Waals surface area contributed by atoms with Crippen molar-refractivity contribution in [3.8, 4) is 0 Å². The second-order valence-electron chi connectivity index (χ2n) is 12.2. The summed E-state index contributed by atoms with van der Waals surface area (Å²) in [6, 6.07) is -0.0657. The van der Waals surface area contributed by atoms with Crippen LogP contribution in [0.2, 0.25) is 0 Å². The minimum Gasteiger partial charge on any atom is -0.616 e. The molecule has 224 valence electrons. The molecule has 0 aliphatic carbocycles. The SMILES string of the molecule is CCC1NC(=S)N(CC(C)(C)CCC[S+]([O-])CCC[S+]([O-])CCCC(C)(C)CN2C(=O)CN(CC)C2=O)C1=S. The molecule has 2 rings (SSSR count). The van der Waals surface area contributed by atoms with E-state index in [4.69, 9.17) is 24.4 Å². The molecule has 0 aromatic heterocycles. The molecule has 3 unspecified atom stereocenters. The number of carbonyl (C=O) groups is 2. The second kappa shape index (κ2) is 15.5. The van der Waals surface area contributed by atoms with Crippen molar-refractivity contribution in [3.63, 3.8) is 0 Å². The fourth-order valence-electron chi connectivity index (χ4n) is 5.02. The van der Waals surface area contributed by atoms with Gasteiger partial charge >= 0.3 is 6.03 Å². The predicted octanol–water partition coefficient (Wildman–Crippen LogP) is 4.07. The first-order valence-corrected chi connectivity index (χ1v) is 17.9. The van der Waals surface area contributed by atoms with Gasteiger partial charge in [0.25, 0.3) is 0 Å². The van der Waals surface area contributed by atoms with Crippen LogP contribution in [0.25, 0.3) is 0 Å². The zero-order chi connectivity index (χ0) is 29.4. The number of nitrogens with zero attached hydrogens (tertiary/aromatic N) is 3. The molecule has 2 aliphatic rings. The average molecular weight is 621 g/mol. The number of hydrogen-bond acceptors (Lipinski definition) is 6. The van der Waals surface area contributed by atoms with Crippen molar-refractivity contribution in [2.24, 2.45) is 10.8 Å². The molecule has 2 heterocycles. The summed E-state index contributed by atoms with van der Waals surface area (Å²) in [7, 11) is 0. The Labute approximate surface area is 252 Å². The predicted molar refractivity (Wildman–Crippen MR) is 170 cm³/mol. The van der Waals surface area contributed by atoms with Crippen molar-refractivity contribution in [1.82, 2.24) is 20.0 Å². The Morgan fingerprint density at radius 3 is 1.79 bits per heavy atom. The molecular weight excluding hydrogens is 573 g/mol. The Balaban J connectivity index is 1.59. The van der Waals surface area contributed by atoms with Crippen LogP contribution >= 0.6 is 24.4 Å². The third kappa shape index (κ3) is 10.9. The molecule has 12 heteroatoms. The zero-order valence-corrected chi connectivity index (χ0v) is 27.9. The summed E-state index contributed by atoms with van der Waals surface area (Å²) in [6.45, 7) is 14.3. The van der Waals surface area contributed by atoms with Gasteiger partial charge in [-0.1, -0.05) is 69.2 Å². The van der Waals surface area contributed by atoms with Gasteiger partial charge in [0.2, 0.25) is 5.91 Å². The summed E-state index contributed by atoms with van der Waals surface area (Å²) < 4.78 is 25.0. The molecular formula is C27H48N4O4S4. The summed E-state index contributed by atoms with van der Waals surface area (Å²) in [4.78, 5) is 30.4. The van der Waals surface area contributed by atoms with Gasteiger partial charge in [-0.05, 0) is 62.1 Å². The van der Waals surface area contributed by atoms with Crippen LogP contribution in [0, 0.1) is 10.8 Å². The van der Waals surface area contributed by atoms with Gasteiger partial charge in [0.05, 0.1) is 6.04 Å². The first-order chi connectivity index (χ1) is 18.2. The maximum Gasteiger partial charge on any atom is 0.327 e. The first kappa shape index (κ1) is 34.5. The van der Waals surface area contributed by atoms with Gasteiger partial charge in [-0.25, -0.2) is 4.79 Å². The minimum absolute atomic E-state index is 0.00262. The van der Waals surface area contributed by atoms with Crippen molar-refractivity contribution in [2.75, 3.05) is 49.2 Å². The normalized spacial score (nSPS) is 20.3. The highest BCUT2D eigenvalue weighted by Gasteiger charge is 2.38. The van der Waals surface area contributed by atoms with Crippen LogP contribution in [-0.2, 0) is 27.1 Å². The van der Waals surface area contributed by atoms with Crippen LogP contribution in [0.4, 0.5) is 4.79 Å². The molecule has 0 aromatic carbocycles. The Kier molecular flexibility index (Phi) is 13.8. The standard InChI is InChI=1S/C27H48N4O4S4/c1-7-21-23(36)31(24(37)28-21)20-27(5,6)13-10-15-39(35)17-11-16-38(34)14-9-12-26(3,4)19-30-22(32)18-29(8-2)25(30)33/h21H,7-20H2,1-6H3,(H,28,37). The second-order valence-corrected chi connectivity index (χ2v) is 16.4. The van der Waals surface area contributed by atoms with E-state index in [-0.39, 0.29) is 35.4 Å². The summed E-state index contributed by atoms with van der Waals surface area (Å²) in [5.74, 6) is 2.23. The van der Waals surface area contributed by atoms with Gasteiger partial charge < -0.3 is 24.2 Å². The lowest BCUT2D eigenvalue weighted by Gasteiger charge is -2.30. The Bertz CT molecular complexity index is 805. The van der Waals surface area contributed by atoms with Gasteiger partial charge in [-0.3, -0.25) is 9.69 Å². The van der Waals surface area contributed by atoms with E-state index in [1.807, 2.05) is 25.7 Å². The van der Waals surface area contributed by atoms with Crippen molar-refractivity contribution < 1.29 is 18.7 Å². The molecule has 3 atom stereocenters. The Morgan fingerprint density at radius 1 is 0.872 bits per heavy atom. The number of imide groups is 1. The zero-order valence-electron chi connectivity index (χ0n) is 24.6. The quantitative estimate of drug-likeness (QED) is 0.139. The number of hydrogen-bond donors (Lipinski definition) is 1. The van der Waals surface area contributed by atoms with E-state index in [1.54, 1.807) is 4.90 Å². The average Bonchev–Trinajstić information content (AvgIpc) is 3.27. The van der Waals surface area contributed by atoms with Crippen LogP contribution in [-0.4, -0.2) is 101 Å². The van der Waals surface area contributed by atoms with Gasteiger partial charge in [0.15, 0.2) is 5.11 Å². The lowest BCUT2D eigenvalue weighted by Crippen LogP contribution is -2.40. The van der Waals surface area contributed by atoms with Crippen LogP contribution in [0.5, 0.6) is 0 Å². The molecule has 2 fully saturated rings. The van der Waals surface area contributed by atoms with Crippen molar-refractivity contribution in [2.45, 2.75) is 86.1 Å². The Morgan fingerprint density at radius 2 is 1.36 bits per heavy atom. The maximum absolute atomic E-state index is 12.5. The molecule has 1 N–H and O–H groups in total. The largest absolute Gasteiger partial charge is 0.616 e. The van der Waals surface area contributed by atoms with Crippen molar-refractivity contribution >= 4 is 68.8 Å². The van der Waals surface area contributed by atoms with Crippen molar-refractivity contribution in [3.05, 3.63) is 0 Å². The summed E-state index contributed by atoms with van der Waals surface area (Å²) in [6.07, 6.45) is 4.96. The molecule has 0 radical (unpaired) electrons.